The maximum atomic E-state index is 11.9. The fraction of sp³-hybridized carbons (Fsp3) is 0.222. The molecule has 0 fully saturated rings. The van der Waals surface area contributed by atoms with Crippen LogP contribution in [0.2, 0.25) is 0 Å². The molecule has 0 heterocycles. The third kappa shape index (κ3) is 4.98. The van der Waals surface area contributed by atoms with Crippen molar-refractivity contribution in [2.45, 2.75) is 13.8 Å². The van der Waals surface area contributed by atoms with Gasteiger partial charge in [0, 0.05) is 8.95 Å². The molecule has 0 aliphatic rings. The Bertz CT molecular complexity index is 854. The van der Waals surface area contributed by atoms with Crippen LogP contribution in [0, 0.1) is 13.8 Å². The minimum absolute atomic E-state index is 0.0908. The number of methoxy groups -OCH3 is 1. The van der Waals surface area contributed by atoms with Crippen LogP contribution >= 0.6 is 31.9 Å². The number of aromatic hydroxyl groups is 1. The summed E-state index contributed by atoms with van der Waals surface area (Å²) in [5.74, 6) is 0.388. The zero-order chi connectivity index (χ0) is 19.3. The molecular weight excluding hydrogens is 468 g/mol. The van der Waals surface area contributed by atoms with E-state index in [4.69, 9.17) is 9.47 Å². The average Bonchev–Trinajstić information content (AvgIpc) is 2.62. The van der Waals surface area contributed by atoms with Gasteiger partial charge in [0.1, 0.15) is 5.75 Å². The SMILES string of the molecule is COc1cc(Br)c(Br)c(/C=N\NC(=O)COc2ccc(C)c(C)c2)c1O. The quantitative estimate of drug-likeness (QED) is 0.477. The fourth-order valence-corrected chi connectivity index (χ4v) is 2.87. The second kappa shape index (κ2) is 9.05. The smallest absolute Gasteiger partial charge is 0.277 e. The van der Waals surface area contributed by atoms with Gasteiger partial charge in [-0.15, -0.1) is 0 Å². The van der Waals surface area contributed by atoms with Gasteiger partial charge < -0.3 is 14.6 Å². The number of phenolic OH excluding ortho intramolecular Hbond substituents is 1. The largest absolute Gasteiger partial charge is 0.504 e. The summed E-state index contributed by atoms with van der Waals surface area (Å²) in [6.07, 6.45) is 1.32. The number of rotatable bonds is 6. The van der Waals surface area contributed by atoms with Crippen LogP contribution in [-0.2, 0) is 4.79 Å². The van der Waals surface area contributed by atoms with Gasteiger partial charge in [0.2, 0.25) is 0 Å². The predicted octanol–water partition coefficient (Wildman–Crippen LogP) is 4.07. The number of halogens is 2. The summed E-state index contributed by atoms with van der Waals surface area (Å²) in [6, 6.07) is 7.23. The Morgan fingerprint density at radius 3 is 2.65 bits per heavy atom. The number of nitrogens with one attached hydrogen (secondary N) is 1. The highest BCUT2D eigenvalue weighted by Crippen LogP contribution is 2.39. The van der Waals surface area contributed by atoms with Crippen molar-refractivity contribution in [3.05, 3.63) is 49.9 Å². The third-order valence-corrected chi connectivity index (χ3v) is 5.66. The summed E-state index contributed by atoms with van der Waals surface area (Å²) in [5.41, 5.74) is 4.97. The molecule has 0 bridgehead atoms. The summed E-state index contributed by atoms with van der Waals surface area (Å²) in [7, 11) is 1.45. The minimum atomic E-state index is -0.419. The van der Waals surface area contributed by atoms with Gasteiger partial charge in [-0.3, -0.25) is 4.79 Å². The number of hydrogen-bond donors (Lipinski definition) is 2. The second-order valence-corrected chi connectivity index (χ2v) is 7.11. The first-order chi connectivity index (χ1) is 12.3. The van der Waals surface area contributed by atoms with E-state index in [1.165, 1.54) is 13.3 Å². The molecule has 2 aromatic rings. The van der Waals surface area contributed by atoms with E-state index < -0.39 is 5.91 Å². The number of carbonyl (C=O) groups excluding carboxylic acids is 1. The van der Waals surface area contributed by atoms with Crippen molar-refractivity contribution in [1.29, 1.82) is 0 Å². The molecule has 138 valence electrons. The van der Waals surface area contributed by atoms with Gasteiger partial charge in [0.25, 0.3) is 5.91 Å². The van der Waals surface area contributed by atoms with Gasteiger partial charge in [-0.05, 0) is 75.0 Å². The van der Waals surface area contributed by atoms with E-state index in [1.807, 2.05) is 32.0 Å². The molecule has 0 aliphatic heterocycles. The third-order valence-electron chi connectivity index (χ3n) is 3.64. The number of ether oxygens (including phenoxy) is 2. The molecule has 0 saturated heterocycles. The Hall–Kier alpha value is -2.06. The summed E-state index contributed by atoms with van der Waals surface area (Å²) < 4.78 is 11.8. The number of carbonyl (C=O) groups is 1. The lowest BCUT2D eigenvalue weighted by molar-refractivity contribution is -0.123. The normalized spacial score (nSPS) is 10.8. The first-order valence-corrected chi connectivity index (χ1v) is 9.19. The van der Waals surface area contributed by atoms with Crippen molar-refractivity contribution in [2.75, 3.05) is 13.7 Å². The maximum Gasteiger partial charge on any atom is 0.277 e. The first-order valence-electron chi connectivity index (χ1n) is 7.60. The molecule has 0 aromatic heterocycles. The first kappa shape index (κ1) is 20.3. The van der Waals surface area contributed by atoms with Crippen LogP contribution in [0.4, 0.5) is 0 Å². The van der Waals surface area contributed by atoms with E-state index in [0.717, 1.165) is 11.1 Å². The topological polar surface area (TPSA) is 80.2 Å². The Kier molecular flexibility index (Phi) is 7.05. The molecule has 0 aliphatic carbocycles. The monoisotopic (exact) mass is 484 g/mol. The lowest BCUT2D eigenvalue weighted by Gasteiger charge is -2.10. The van der Waals surface area contributed by atoms with Crippen molar-refractivity contribution in [3.8, 4) is 17.2 Å². The number of hydrogen-bond acceptors (Lipinski definition) is 5. The number of benzene rings is 2. The Morgan fingerprint density at radius 1 is 1.27 bits per heavy atom. The van der Waals surface area contributed by atoms with Gasteiger partial charge in [0.15, 0.2) is 18.1 Å². The molecule has 26 heavy (non-hydrogen) atoms. The molecule has 0 radical (unpaired) electrons. The zero-order valence-electron chi connectivity index (χ0n) is 14.5. The van der Waals surface area contributed by atoms with E-state index in [2.05, 4.69) is 42.4 Å². The number of phenols is 1. The van der Waals surface area contributed by atoms with E-state index in [0.29, 0.717) is 20.3 Å². The van der Waals surface area contributed by atoms with Crippen molar-refractivity contribution in [2.24, 2.45) is 5.10 Å². The fourth-order valence-electron chi connectivity index (χ4n) is 2.04. The Morgan fingerprint density at radius 2 is 2.00 bits per heavy atom. The van der Waals surface area contributed by atoms with Crippen LogP contribution < -0.4 is 14.9 Å². The maximum absolute atomic E-state index is 11.9. The minimum Gasteiger partial charge on any atom is -0.504 e. The van der Waals surface area contributed by atoms with Crippen LogP contribution in [0.25, 0.3) is 0 Å². The summed E-state index contributed by atoms with van der Waals surface area (Å²) >= 11 is 6.69. The lowest BCUT2D eigenvalue weighted by Crippen LogP contribution is -2.24. The van der Waals surface area contributed by atoms with Crippen molar-refractivity contribution in [1.82, 2.24) is 5.43 Å². The molecule has 8 heteroatoms. The summed E-state index contributed by atoms with van der Waals surface area (Å²) in [4.78, 5) is 11.9. The molecule has 0 atom stereocenters. The average molecular weight is 486 g/mol. The molecule has 0 unspecified atom stereocenters. The van der Waals surface area contributed by atoms with Crippen LogP contribution in [0.15, 0.2) is 38.3 Å². The Balaban J connectivity index is 1.99. The standard InChI is InChI=1S/C18H18Br2N2O4/c1-10-4-5-12(6-11(10)2)26-9-16(23)22-21-8-13-17(20)14(19)7-15(25-3)18(13)24/h4-8,24H,9H2,1-3H3,(H,22,23)/b21-8-. The zero-order valence-corrected chi connectivity index (χ0v) is 17.6. The summed E-state index contributed by atoms with van der Waals surface area (Å²) in [6.45, 7) is 3.81. The predicted molar refractivity (Wildman–Crippen MR) is 107 cm³/mol. The van der Waals surface area contributed by atoms with E-state index in [9.17, 15) is 9.90 Å². The van der Waals surface area contributed by atoms with Gasteiger partial charge in [-0.25, -0.2) is 5.43 Å². The van der Waals surface area contributed by atoms with Crippen LogP contribution in [-0.4, -0.2) is 30.9 Å². The number of aryl methyl sites for hydroxylation is 2. The number of amides is 1. The highest BCUT2D eigenvalue weighted by Gasteiger charge is 2.14. The van der Waals surface area contributed by atoms with Gasteiger partial charge in [-0.2, -0.15) is 5.10 Å². The number of nitrogens with zero attached hydrogens (tertiary/aromatic N) is 1. The van der Waals surface area contributed by atoms with Crippen molar-refractivity contribution < 1.29 is 19.4 Å². The molecule has 0 saturated carbocycles. The van der Waals surface area contributed by atoms with Crippen LogP contribution in [0.3, 0.4) is 0 Å². The Labute approximate surface area is 168 Å². The van der Waals surface area contributed by atoms with Gasteiger partial charge in [0.05, 0.1) is 18.9 Å². The van der Waals surface area contributed by atoms with Gasteiger partial charge >= 0.3 is 0 Å². The highest BCUT2D eigenvalue weighted by atomic mass is 79.9. The van der Waals surface area contributed by atoms with Gasteiger partial charge in [-0.1, -0.05) is 6.07 Å². The van der Waals surface area contributed by atoms with Crippen LogP contribution in [0.5, 0.6) is 17.2 Å². The molecule has 2 N–H and O–H groups in total. The van der Waals surface area contributed by atoms with E-state index in [1.54, 1.807) is 6.07 Å². The van der Waals surface area contributed by atoms with Crippen molar-refractivity contribution in [3.63, 3.8) is 0 Å². The highest BCUT2D eigenvalue weighted by molar-refractivity contribution is 9.13. The molecule has 2 rings (SSSR count). The molecule has 6 nitrogen and oxygen atoms in total. The summed E-state index contributed by atoms with van der Waals surface area (Å²) in [5, 5.41) is 14.0. The molecule has 1 amide bonds. The molecular formula is C18H18Br2N2O4. The van der Waals surface area contributed by atoms with E-state index >= 15 is 0 Å². The lowest BCUT2D eigenvalue weighted by atomic mass is 10.1. The van der Waals surface area contributed by atoms with E-state index in [-0.39, 0.29) is 18.1 Å². The second-order valence-electron chi connectivity index (χ2n) is 5.46. The number of hydrazone groups is 1. The molecule has 2 aromatic carbocycles. The molecule has 0 spiro atoms. The van der Waals surface area contributed by atoms with Crippen LogP contribution in [0.1, 0.15) is 16.7 Å². The van der Waals surface area contributed by atoms with Crippen molar-refractivity contribution >= 4 is 44.0 Å².